The molecule has 0 aliphatic carbocycles. The molecular weight excluding hydrogens is 266 g/mol. The molecule has 0 bridgehead atoms. The van der Waals surface area contributed by atoms with Gasteiger partial charge in [-0.25, -0.2) is 9.97 Å². The van der Waals surface area contributed by atoms with Gasteiger partial charge in [-0.15, -0.1) is 0 Å². The van der Waals surface area contributed by atoms with E-state index in [1.165, 1.54) is 0 Å². The van der Waals surface area contributed by atoms with E-state index in [0.29, 0.717) is 5.95 Å². The first kappa shape index (κ1) is 14.2. The number of hydrogen-bond donors (Lipinski definition) is 1. The van der Waals surface area contributed by atoms with Crippen LogP contribution in [-0.4, -0.2) is 41.8 Å². The highest BCUT2D eigenvalue weighted by molar-refractivity contribution is 7.85. The molecule has 1 aromatic heterocycles. The summed E-state index contributed by atoms with van der Waals surface area (Å²) in [5.41, 5.74) is 1.10. The van der Waals surface area contributed by atoms with E-state index in [1.807, 2.05) is 12.4 Å². The molecule has 1 N–H and O–H groups in total. The van der Waals surface area contributed by atoms with E-state index >= 15 is 0 Å². The summed E-state index contributed by atoms with van der Waals surface area (Å²) in [5, 5.41) is 0. The van der Waals surface area contributed by atoms with Crippen molar-refractivity contribution in [3.05, 3.63) is 18.0 Å². The third-order valence-electron chi connectivity index (χ3n) is 3.44. The highest BCUT2D eigenvalue weighted by atomic mass is 32.2. The Morgan fingerprint density at radius 2 is 1.89 bits per heavy atom. The number of nitrogens with zero attached hydrogens (tertiary/aromatic N) is 3. The van der Waals surface area contributed by atoms with Crippen LogP contribution in [0.15, 0.2) is 12.4 Å². The molecule has 2 rings (SSSR count). The highest BCUT2D eigenvalue weighted by Gasteiger charge is 2.24. The minimum absolute atomic E-state index is 0.0289. The lowest BCUT2D eigenvalue weighted by Crippen LogP contribution is -2.36. The predicted molar refractivity (Wildman–Crippen MR) is 72.8 cm³/mol. The molecular formula is C12H19N3O3S. The second kappa shape index (κ2) is 5.83. The average molecular weight is 285 g/mol. The summed E-state index contributed by atoms with van der Waals surface area (Å²) >= 11 is 0. The van der Waals surface area contributed by atoms with Gasteiger partial charge in [-0.05, 0) is 30.7 Å². The van der Waals surface area contributed by atoms with E-state index in [9.17, 15) is 8.42 Å². The van der Waals surface area contributed by atoms with Crippen molar-refractivity contribution in [3.8, 4) is 0 Å². The quantitative estimate of drug-likeness (QED) is 0.835. The Bertz CT molecular complexity index is 508. The van der Waals surface area contributed by atoms with Gasteiger partial charge in [-0.1, -0.05) is 6.92 Å². The molecule has 0 aromatic carbocycles. The van der Waals surface area contributed by atoms with Gasteiger partial charge in [0.25, 0.3) is 10.1 Å². The van der Waals surface area contributed by atoms with Crippen LogP contribution in [-0.2, 0) is 16.5 Å². The maximum Gasteiger partial charge on any atom is 0.265 e. The molecule has 1 aliphatic heterocycles. The van der Waals surface area contributed by atoms with Crippen molar-refractivity contribution in [3.63, 3.8) is 0 Å². The molecule has 0 atom stereocenters. The van der Waals surface area contributed by atoms with Crippen molar-refractivity contribution < 1.29 is 13.0 Å². The van der Waals surface area contributed by atoms with Crippen LogP contribution in [0.4, 0.5) is 5.95 Å². The molecule has 1 aliphatic rings. The second-order valence-electron chi connectivity index (χ2n) is 4.92. The van der Waals surface area contributed by atoms with Crippen LogP contribution in [0.1, 0.15) is 25.3 Å². The van der Waals surface area contributed by atoms with E-state index in [-0.39, 0.29) is 11.7 Å². The van der Waals surface area contributed by atoms with Gasteiger partial charge >= 0.3 is 0 Å². The molecule has 1 aromatic rings. The van der Waals surface area contributed by atoms with E-state index in [1.54, 1.807) is 0 Å². The summed E-state index contributed by atoms with van der Waals surface area (Å²) in [4.78, 5) is 10.7. The number of aromatic nitrogens is 2. The zero-order valence-electron chi connectivity index (χ0n) is 11.0. The van der Waals surface area contributed by atoms with E-state index in [4.69, 9.17) is 4.55 Å². The molecule has 1 saturated heterocycles. The molecule has 106 valence electrons. The first-order valence-electron chi connectivity index (χ1n) is 6.49. The average Bonchev–Trinajstić information content (AvgIpc) is 2.38. The van der Waals surface area contributed by atoms with Crippen molar-refractivity contribution in [1.82, 2.24) is 9.97 Å². The van der Waals surface area contributed by atoms with Gasteiger partial charge in [0.15, 0.2) is 0 Å². The van der Waals surface area contributed by atoms with Gasteiger partial charge in [0, 0.05) is 25.5 Å². The van der Waals surface area contributed by atoms with E-state index in [0.717, 1.165) is 37.9 Å². The van der Waals surface area contributed by atoms with Gasteiger partial charge in [0.05, 0.1) is 5.75 Å². The van der Waals surface area contributed by atoms with E-state index < -0.39 is 10.1 Å². The Morgan fingerprint density at radius 3 is 2.37 bits per heavy atom. The smallest absolute Gasteiger partial charge is 0.265 e. The van der Waals surface area contributed by atoms with Gasteiger partial charge in [-0.3, -0.25) is 4.55 Å². The lowest BCUT2D eigenvalue weighted by Gasteiger charge is -2.31. The molecule has 19 heavy (non-hydrogen) atoms. The zero-order valence-corrected chi connectivity index (χ0v) is 11.8. The van der Waals surface area contributed by atoms with Crippen LogP contribution < -0.4 is 4.90 Å². The number of aryl methyl sites for hydroxylation is 1. The predicted octanol–water partition coefficient (Wildman–Crippen LogP) is 1.14. The zero-order chi connectivity index (χ0) is 13.9. The molecule has 6 nitrogen and oxygen atoms in total. The highest BCUT2D eigenvalue weighted by Crippen LogP contribution is 2.21. The van der Waals surface area contributed by atoms with Crippen molar-refractivity contribution in [2.75, 3.05) is 23.7 Å². The van der Waals surface area contributed by atoms with Crippen LogP contribution in [0, 0.1) is 5.92 Å². The number of anilines is 1. The number of rotatable bonds is 4. The maximum absolute atomic E-state index is 10.8. The number of piperidine rings is 1. The Labute approximate surface area is 113 Å². The topological polar surface area (TPSA) is 83.4 Å². The molecule has 0 radical (unpaired) electrons. The lowest BCUT2D eigenvalue weighted by atomic mass is 9.99. The molecule has 0 spiro atoms. The lowest BCUT2D eigenvalue weighted by molar-refractivity contribution is 0.411. The minimum atomic E-state index is -3.86. The number of hydrogen-bond acceptors (Lipinski definition) is 5. The van der Waals surface area contributed by atoms with Crippen LogP contribution in [0.25, 0.3) is 0 Å². The summed E-state index contributed by atoms with van der Waals surface area (Å²) in [6.07, 6.45) is 6.04. The fraction of sp³-hybridized carbons (Fsp3) is 0.667. The van der Waals surface area contributed by atoms with Crippen molar-refractivity contribution >= 4 is 16.1 Å². The third kappa shape index (κ3) is 4.14. The van der Waals surface area contributed by atoms with Gasteiger partial charge in [0.1, 0.15) is 0 Å². The third-order valence-corrected chi connectivity index (χ3v) is 4.34. The van der Waals surface area contributed by atoms with Crippen molar-refractivity contribution in [2.24, 2.45) is 5.92 Å². The van der Waals surface area contributed by atoms with Crippen molar-refractivity contribution in [2.45, 2.75) is 26.2 Å². The fourth-order valence-electron chi connectivity index (χ4n) is 2.29. The Balaban J connectivity index is 1.92. The monoisotopic (exact) mass is 285 g/mol. The molecule has 2 heterocycles. The Hall–Kier alpha value is -1.21. The molecule has 1 fully saturated rings. The molecule has 7 heteroatoms. The van der Waals surface area contributed by atoms with E-state index in [2.05, 4.69) is 21.8 Å². The second-order valence-corrected chi connectivity index (χ2v) is 6.42. The summed E-state index contributed by atoms with van der Waals surface area (Å²) in [7, 11) is -3.86. The standard InChI is InChI=1S/C12H19N3O3S/c1-2-10-7-13-12(14-8-10)15-5-3-11(4-6-15)9-19(16,17)18/h7-8,11H,2-6,9H2,1H3,(H,16,17,18). The van der Waals surface area contributed by atoms with Crippen LogP contribution in [0.3, 0.4) is 0 Å². The van der Waals surface area contributed by atoms with Gasteiger partial charge in [-0.2, -0.15) is 8.42 Å². The maximum atomic E-state index is 10.8. The van der Waals surface area contributed by atoms with Crippen LogP contribution >= 0.6 is 0 Å². The van der Waals surface area contributed by atoms with Crippen LogP contribution in [0.5, 0.6) is 0 Å². The largest absolute Gasteiger partial charge is 0.341 e. The first-order chi connectivity index (χ1) is 8.98. The first-order valence-corrected chi connectivity index (χ1v) is 8.10. The van der Waals surface area contributed by atoms with Gasteiger partial charge < -0.3 is 4.90 Å². The normalized spacial score (nSPS) is 17.7. The fourth-order valence-corrected chi connectivity index (χ4v) is 3.22. The van der Waals surface area contributed by atoms with Crippen LogP contribution in [0.2, 0.25) is 0 Å². The SMILES string of the molecule is CCc1cnc(N2CCC(CS(=O)(=O)O)CC2)nc1. The molecule has 0 unspecified atom stereocenters. The minimum Gasteiger partial charge on any atom is -0.341 e. The Morgan fingerprint density at radius 1 is 1.32 bits per heavy atom. The van der Waals surface area contributed by atoms with Crippen molar-refractivity contribution in [1.29, 1.82) is 0 Å². The Kier molecular flexibility index (Phi) is 4.36. The summed E-state index contributed by atoms with van der Waals surface area (Å²) in [6, 6.07) is 0. The summed E-state index contributed by atoms with van der Waals surface area (Å²) < 4.78 is 30.5. The molecule has 0 amide bonds. The summed E-state index contributed by atoms with van der Waals surface area (Å²) in [5.74, 6) is 0.583. The van der Waals surface area contributed by atoms with Gasteiger partial charge in [0.2, 0.25) is 5.95 Å². The summed E-state index contributed by atoms with van der Waals surface area (Å²) in [6.45, 7) is 3.51. The molecule has 0 saturated carbocycles.